The van der Waals surface area contributed by atoms with Gasteiger partial charge < -0.3 is 15.0 Å². The average Bonchev–Trinajstić information content (AvgIpc) is 2.58. The number of nitrogens with zero attached hydrogens (tertiary/aromatic N) is 1. The zero-order chi connectivity index (χ0) is 18.4. The third-order valence-electron chi connectivity index (χ3n) is 3.72. The van der Waals surface area contributed by atoms with Crippen molar-refractivity contribution in [1.29, 1.82) is 0 Å². The van der Waals surface area contributed by atoms with Gasteiger partial charge in [0.05, 0.1) is 0 Å². The Bertz CT molecular complexity index is 747. The van der Waals surface area contributed by atoms with Crippen LogP contribution >= 0.6 is 15.9 Å². The standard InChI is InChI=1S/C19H21BrN2O3/c1-13(25-17-10-8-16(20)9-11-17)19(24)21-18-7-5-4-6-15(18)12-22(3)14(2)23/h4-11,13H,12H2,1-3H3,(H,21,24). The number of ether oxygens (including phenoxy) is 1. The van der Waals surface area contributed by atoms with E-state index in [1.807, 2.05) is 36.4 Å². The van der Waals surface area contributed by atoms with Gasteiger partial charge in [-0.2, -0.15) is 0 Å². The fraction of sp³-hybridized carbons (Fsp3) is 0.263. The number of nitrogens with one attached hydrogen (secondary N) is 1. The van der Waals surface area contributed by atoms with Crippen molar-refractivity contribution in [2.75, 3.05) is 12.4 Å². The zero-order valence-corrected chi connectivity index (χ0v) is 16.0. The van der Waals surface area contributed by atoms with E-state index in [9.17, 15) is 9.59 Å². The number of para-hydroxylation sites is 1. The third kappa shape index (κ3) is 5.60. The Hall–Kier alpha value is -2.34. The smallest absolute Gasteiger partial charge is 0.265 e. The van der Waals surface area contributed by atoms with Crippen molar-refractivity contribution in [3.8, 4) is 5.75 Å². The van der Waals surface area contributed by atoms with E-state index < -0.39 is 6.10 Å². The number of amides is 2. The lowest BCUT2D eigenvalue weighted by Crippen LogP contribution is -2.31. The van der Waals surface area contributed by atoms with Gasteiger partial charge in [0.1, 0.15) is 5.75 Å². The fourth-order valence-corrected chi connectivity index (χ4v) is 2.42. The molecule has 0 bridgehead atoms. The van der Waals surface area contributed by atoms with E-state index in [1.165, 1.54) is 6.92 Å². The zero-order valence-electron chi connectivity index (χ0n) is 14.5. The minimum absolute atomic E-state index is 0.0342. The van der Waals surface area contributed by atoms with Crippen LogP contribution in [0.5, 0.6) is 5.75 Å². The molecule has 2 amide bonds. The van der Waals surface area contributed by atoms with Crippen LogP contribution in [0.2, 0.25) is 0 Å². The molecule has 0 spiro atoms. The molecule has 0 radical (unpaired) electrons. The highest BCUT2D eigenvalue weighted by Gasteiger charge is 2.17. The highest BCUT2D eigenvalue weighted by molar-refractivity contribution is 9.10. The fourth-order valence-electron chi connectivity index (χ4n) is 2.15. The molecule has 1 atom stereocenters. The minimum Gasteiger partial charge on any atom is -0.481 e. The first-order chi connectivity index (χ1) is 11.9. The number of hydrogen-bond acceptors (Lipinski definition) is 3. The number of carbonyl (C=O) groups excluding carboxylic acids is 2. The van der Waals surface area contributed by atoms with Crippen LogP contribution in [0, 0.1) is 0 Å². The number of halogens is 1. The third-order valence-corrected chi connectivity index (χ3v) is 4.24. The first-order valence-electron chi connectivity index (χ1n) is 7.89. The van der Waals surface area contributed by atoms with Crippen LogP contribution in [-0.2, 0) is 16.1 Å². The van der Waals surface area contributed by atoms with Gasteiger partial charge in [-0.05, 0) is 42.8 Å². The van der Waals surface area contributed by atoms with E-state index in [0.717, 1.165) is 10.0 Å². The van der Waals surface area contributed by atoms with Crippen molar-refractivity contribution in [1.82, 2.24) is 4.90 Å². The summed E-state index contributed by atoms with van der Waals surface area (Å²) in [6.07, 6.45) is -0.653. The second-order valence-corrected chi connectivity index (χ2v) is 6.65. The van der Waals surface area contributed by atoms with Gasteiger partial charge in [-0.25, -0.2) is 0 Å². The van der Waals surface area contributed by atoms with E-state index in [2.05, 4.69) is 21.2 Å². The maximum absolute atomic E-state index is 12.4. The minimum atomic E-state index is -0.653. The molecule has 6 heteroatoms. The van der Waals surface area contributed by atoms with Crippen LogP contribution in [0.4, 0.5) is 5.69 Å². The quantitative estimate of drug-likeness (QED) is 0.795. The Morgan fingerprint density at radius 2 is 1.80 bits per heavy atom. The topological polar surface area (TPSA) is 58.6 Å². The molecule has 1 unspecified atom stereocenters. The molecule has 0 aliphatic rings. The molecule has 0 saturated carbocycles. The predicted octanol–water partition coefficient (Wildman–Crippen LogP) is 3.83. The lowest BCUT2D eigenvalue weighted by molar-refractivity contribution is -0.128. The summed E-state index contributed by atoms with van der Waals surface area (Å²) in [5, 5.41) is 2.88. The summed E-state index contributed by atoms with van der Waals surface area (Å²) in [6, 6.07) is 14.7. The van der Waals surface area contributed by atoms with Crippen molar-refractivity contribution in [2.45, 2.75) is 26.5 Å². The van der Waals surface area contributed by atoms with E-state index in [1.54, 1.807) is 31.0 Å². The molecule has 5 nitrogen and oxygen atoms in total. The molecule has 0 aromatic heterocycles. The van der Waals surface area contributed by atoms with E-state index >= 15 is 0 Å². The van der Waals surface area contributed by atoms with Crippen LogP contribution in [0.15, 0.2) is 53.0 Å². The van der Waals surface area contributed by atoms with Gasteiger partial charge in [0.15, 0.2) is 6.10 Å². The molecule has 2 aromatic carbocycles. The summed E-state index contributed by atoms with van der Waals surface area (Å²) in [5.74, 6) is 0.337. The predicted molar refractivity (Wildman–Crippen MR) is 101 cm³/mol. The van der Waals surface area contributed by atoms with Gasteiger partial charge in [0.25, 0.3) is 5.91 Å². The molecule has 0 aliphatic carbocycles. The molecule has 0 heterocycles. The van der Waals surface area contributed by atoms with Gasteiger partial charge in [-0.15, -0.1) is 0 Å². The second-order valence-electron chi connectivity index (χ2n) is 5.74. The lowest BCUT2D eigenvalue weighted by atomic mass is 10.1. The molecule has 2 aromatic rings. The summed E-state index contributed by atoms with van der Waals surface area (Å²) >= 11 is 3.36. The van der Waals surface area contributed by atoms with Crippen LogP contribution in [0.25, 0.3) is 0 Å². The second kappa shape index (κ2) is 8.67. The van der Waals surface area contributed by atoms with Crippen molar-refractivity contribution >= 4 is 33.4 Å². The maximum Gasteiger partial charge on any atom is 0.265 e. The molecular formula is C19H21BrN2O3. The summed E-state index contributed by atoms with van der Waals surface area (Å²) < 4.78 is 6.61. The van der Waals surface area contributed by atoms with Gasteiger partial charge in [0, 0.05) is 30.7 Å². The number of anilines is 1. The van der Waals surface area contributed by atoms with Crippen LogP contribution in [0.3, 0.4) is 0 Å². The van der Waals surface area contributed by atoms with Crippen molar-refractivity contribution < 1.29 is 14.3 Å². The lowest BCUT2D eigenvalue weighted by Gasteiger charge is -2.19. The molecule has 0 aliphatic heterocycles. The van der Waals surface area contributed by atoms with Crippen LogP contribution in [0.1, 0.15) is 19.4 Å². The number of benzene rings is 2. The molecule has 1 N–H and O–H groups in total. The van der Waals surface area contributed by atoms with Crippen LogP contribution in [-0.4, -0.2) is 29.9 Å². The van der Waals surface area contributed by atoms with E-state index in [-0.39, 0.29) is 11.8 Å². The van der Waals surface area contributed by atoms with Gasteiger partial charge >= 0.3 is 0 Å². The first kappa shape index (κ1) is 19.0. The monoisotopic (exact) mass is 404 g/mol. The Labute approximate surface area is 156 Å². The summed E-state index contributed by atoms with van der Waals surface area (Å²) in [5.41, 5.74) is 1.54. The molecule has 132 valence electrons. The number of hydrogen-bond donors (Lipinski definition) is 1. The summed E-state index contributed by atoms with van der Waals surface area (Å²) in [6.45, 7) is 3.63. The molecule has 25 heavy (non-hydrogen) atoms. The molecule has 2 rings (SSSR count). The van der Waals surface area contributed by atoms with Crippen LogP contribution < -0.4 is 10.1 Å². The molecule has 0 saturated heterocycles. The summed E-state index contributed by atoms with van der Waals surface area (Å²) in [7, 11) is 1.72. The summed E-state index contributed by atoms with van der Waals surface area (Å²) in [4.78, 5) is 25.5. The average molecular weight is 405 g/mol. The SMILES string of the molecule is CC(=O)N(C)Cc1ccccc1NC(=O)C(C)Oc1ccc(Br)cc1. The Kier molecular flexibility index (Phi) is 6.58. The van der Waals surface area contributed by atoms with Crippen molar-refractivity contribution in [2.24, 2.45) is 0 Å². The maximum atomic E-state index is 12.4. The number of carbonyl (C=O) groups is 2. The first-order valence-corrected chi connectivity index (χ1v) is 8.69. The van der Waals surface area contributed by atoms with Crippen molar-refractivity contribution in [3.05, 3.63) is 58.6 Å². The number of rotatable bonds is 6. The largest absolute Gasteiger partial charge is 0.481 e. The van der Waals surface area contributed by atoms with E-state index in [4.69, 9.17) is 4.74 Å². The van der Waals surface area contributed by atoms with E-state index in [0.29, 0.717) is 18.0 Å². The highest BCUT2D eigenvalue weighted by atomic mass is 79.9. The molecule has 0 fully saturated rings. The highest BCUT2D eigenvalue weighted by Crippen LogP contribution is 2.20. The van der Waals surface area contributed by atoms with Gasteiger partial charge in [-0.3, -0.25) is 9.59 Å². The molecular weight excluding hydrogens is 384 g/mol. The Balaban J connectivity index is 2.04. The van der Waals surface area contributed by atoms with Crippen molar-refractivity contribution in [3.63, 3.8) is 0 Å². The van der Waals surface area contributed by atoms with Gasteiger partial charge in [0.2, 0.25) is 5.91 Å². The normalized spacial score (nSPS) is 11.5. The Morgan fingerprint density at radius 3 is 2.44 bits per heavy atom. The van der Waals surface area contributed by atoms with Gasteiger partial charge in [-0.1, -0.05) is 34.1 Å². The Morgan fingerprint density at radius 1 is 1.16 bits per heavy atom.